The van der Waals surface area contributed by atoms with E-state index in [1.807, 2.05) is 20.8 Å². The Bertz CT molecular complexity index is 837. The van der Waals surface area contributed by atoms with Crippen LogP contribution in [0.4, 0.5) is 10.1 Å². The van der Waals surface area contributed by atoms with E-state index in [9.17, 15) is 17.6 Å². The van der Waals surface area contributed by atoms with Gasteiger partial charge in [-0.1, -0.05) is 32.0 Å². The Morgan fingerprint density at radius 2 is 1.62 bits per heavy atom. The minimum atomic E-state index is -4.02. The zero-order valence-corrected chi connectivity index (χ0v) is 15.8. The summed E-state index contributed by atoms with van der Waals surface area (Å²) >= 11 is 0. The Kier molecular flexibility index (Phi) is 6.37. The number of para-hydroxylation sites is 1. The Labute approximate surface area is 153 Å². The first-order valence-corrected chi connectivity index (χ1v) is 9.78. The lowest BCUT2D eigenvalue weighted by Gasteiger charge is -2.25. The van der Waals surface area contributed by atoms with Gasteiger partial charge in [-0.15, -0.1) is 0 Å². The van der Waals surface area contributed by atoms with E-state index in [1.165, 1.54) is 12.1 Å². The summed E-state index contributed by atoms with van der Waals surface area (Å²) in [6, 6.07) is 12.8. The maximum Gasteiger partial charge on any atom is 0.264 e. The fourth-order valence-corrected chi connectivity index (χ4v) is 3.66. The van der Waals surface area contributed by atoms with Crippen molar-refractivity contribution in [1.82, 2.24) is 5.32 Å². The molecule has 140 valence electrons. The lowest BCUT2D eigenvalue weighted by Crippen LogP contribution is -2.45. The molecule has 0 aliphatic heterocycles. The van der Waals surface area contributed by atoms with Crippen LogP contribution in [-0.4, -0.2) is 26.9 Å². The predicted molar refractivity (Wildman–Crippen MR) is 99.8 cm³/mol. The summed E-state index contributed by atoms with van der Waals surface area (Å²) in [4.78, 5) is 12.3. The normalized spacial score (nSPS) is 12.7. The van der Waals surface area contributed by atoms with Gasteiger partial charge in [0.25, 0.3) is 10.0 Å². The summed E-state index contributed by atoms with van der Waals surface area (Å²) in [6.45, 7) is 5.44. The molecule has 1 N–H and O–H groups in total. The van der Waals surface area contributed by atoms with Crippen molar-refractivity contribution in [2.24, 2.45) is 5.92 Å². The predicted octanol–water partition coefficient (Wildman–Crippen LogP) is 3.18. The number of carbonyl (C=O) groups is 1. The highest BCUT2D eigenvalue weighted by molar-refractivity contribution is 7.92. The molecule has 2 aromatic carbocycles. The van der Waals surface area contributed by atoms with E-state index in [0.29, 0.717) is 5.69 Å². The molecule has 2 rings (SSSR count). The average Bonchev–Trinajstić information content (AvgIpc) is 2.60. The monoisotopic (exact) mass is 378 g/mol. The van der Waals surface area contributed by atoms with Gasteiger partial charge in [0.05, 0.1) is 10.6 Å². The molecule has 0 aliphatic rings. The summed E-state index contributed by atoms with van der Waals surface area (Å²) in [7, 11) is -4.02. The van der Waals surface area contributed by atoms with Crippen molar-refractivity contribution >= 4 is 21.6 Å². The van der Waals surface area contributed by atoms with Crippen molar-refractivity contribution < 1.29 is 17.6 Å². The van der Waals surface area contributed by atoms with Crippen LogP contribution in [0.15, 0.2) is 59.5 Å². The Balaban J connectivity index is 2.36. The molecule has 0 saturated heterocycles. The molecule has 0 aliphatic carbocycles. The number of benzene rings is 2. The first-order valence-electron chi connectivity index (χ1n) is 8.34. The number of anilines is 1. The van der Waals surface area contributed by atoms with Crippen LogP contribution in [0.2, 0.25) is 0 Å². The van der Waals surface area contributed by atoms with Gasteiger partial charge in [-0.3, -0.25) is 9.10 Å². The van der Waals surface area contributed by atoms with E-state index < -0.39 is 21.7 Å². The van der Waals surface area contributed by atoms with Crippen molar-refractivity contribution in [3.8, 4) is 0 Å². The second-order valence-electron chi connectivity index (χ2n) is 6.40. The van der Waals surface area contributed by atoms with Crippen molar-refractivity contribution in [1.29, 1.82) is 0 Å². The second kappa shape index (κ2) is 8.31. The molecule has 26 heavy (non-hydrogen) atoms. The highest BCUT2D eigenvalue weighted by atomic mass is 32.2. The van der Waals surface area contributed by atoms with Crippen LogP contribution in [0.5, 0.6) is 0 Å². The SMILES string of the molecule is CC(C)[C@H](C)NC(=O)CN(c1ccccc1)S(=O)(=O)c1ccc(F)cc1. The number of hydrogen-bond donors (Lipinski definition) is 1. The third-order valence-electron chi connectivity index (χ3n) is 4.12. The fraction of sp³-hybridized carbons (Fsp3) is 0.316. The van der Waals surface area contributed by atoms with Crippen LogP contribution in [0.1, 0.15) is 20.8 Å². The zero-order chi connectivity index (χ0) is 19.3. The average molecular weight is 378 g/mol. The third-order valence-corrected chi connectivity index (χ3v) is 5.91. The standard InChI is InChI=1S/C19H23FN2O3S/c1-14(2)15(3)21-19(23)13-22(17-7-5-4-6-8-17)26(24,25)18-11-9-16(20)10-12-18/h4-12,14-15H,13H2,1-3H3,(H,21,23)/t15-/m0/s1. The number of rotatable bonds is 7. The number of hydrogen-bond acceptors (Lipinski definition) is 3. The number of nitrogens with zero attached hydrogens (tertiary/aromatic N) is 1. The summed E-state index contributed by atoms with van der Waals surface area (Å²) in [6.07, 6.45) is 0. The van der Waals surface area contributed by atoms with Gasteiger partial charge in [-0.25, -0.2) is 12.8 Å². The molecule has 0 radical (unpaired) electrons. The highest BCUT2D eigenvalue weighted by Crippen LogP contribution is 2.23. The first-order chi connectivity index (χ1) is 12.2. The fourth-order valence-electron chi connectivity index (χ4n) is 2.24. The van der Waals surface area contributed by atoms with Gasteiger partial charge in [-0.2, -0.15) is 0 Å². The summed E-state index contributed by atoms with van der Waals surface area (Å²) in [5.41, 5.74) is 0.365. The molecular formula is C19H23FN2O3S. The maximum absolute atomic E-state index is 13.2. The molecule has 1 atom stereocenters. The lowest BCUT2D eigenvalue weighted by atomic mass is 10.1. The zero-order valence-electron chi connectivity index (χ0n) is 15.0. The molecule has 5 nitrogen and oxygen atoms in total. The van der Waals surface area contributed by atoms with Gasteiger partial charge < -0.3 is 5.32 Å². The molecule has 0 saturated carbocycles. The highest BCUT2D eigenvalue weighted by Gasteiger charge is 2.27. The Morgan fingerprint density at radius 1 is 1.04 bits per heavy atom. The number of amides is 1. The van der Waals surface area contributed by atoms with Gasteiger partial charge in [-0.05, 0) is 49.2 Å². The first kappa shape index (κ1) is 19.9. The smallest absolute Gasteiger partial charge is 0.264 e. The van der Waals surface area contributed by atoms with E-state index in [4.69, 9.17) is 0 Å². The quantitative estimate of drug-likeness (QED) is 0.805. The topological polar surface area (TPSA) is 66.5 Å². The van der Waals surface area contributed by atoms with E-state index in [0.717, 1.165) is 16.4 Å². The van der Waals surface area contributed by atoms with Crippen molar-refractivity contribution in [2.45, 2.75) is 31.7 Å². The van der Waals surface area contributed by atoms with Gasteiger partial charge in [0, 0.05) is 6.04 Å². The molecule has 0 heterocycles. The van der Waals surface area contributed by atoms with Crippen LogP contribution in [0.25, 0.3) is 0 Å². The molecule has 0 bridgehead atoms. The molecule has 7 heteroatoms. The molecule has 0 spiro atoms. The minimum Gasteiger partial charge on any atom is -0.352 e. The lowest BCUT2D eigenvalue weighted by molar-refractivity contribution is -0.120. The largest absolute Gasteiger partial charge is 0.352 e. The van der Waals surface area contributed by atoms with Crippen LogP contribution < -0.4 is 9.62 Å². The number of carbonyl (C=O) groups excluding carboxylic acids is 1. The molecular weight excluding hydrogens is 355 g/mol. The van der Waals surface area contributed by atoms with E-state index >= 15 is 0 Å². The van der Waals surface area contributed by atoms with Gasteiger partial charge in [0.1, 0.15) is 12.4 Å². The van der Waals surface area contributed by atoms with Crippen molar-refractivity contribution in [2.75, 3.05) is 10.8 Å². The summed E-state index contributed by atoms with van der Waals surface area (Å²) in [5, 5.41) is 2.81. The summed E-state index contributed by atoms with van der Waals surface area (Å²) in [5.74, 6) is -0.711. The van der Waals surface area contributed by atoms with Crippen molar-refractivity contribution in [3.63, 3.8) is 0 Å². The van der Waals surface area contributed by atoms with E-state index in [1.54, 1.807) is 30.3 Å². The van der Waals surface area contributed by atoms with Crippen LogP contribution in [0, 0.1) is 11.7 Å². The summed E-state index contributed by atoms with van der Waals surface area (Å²) < 4.78 is 40.2. The molecule has 0 unspecified atom stereocenters. The van der Waals surface area contributed by atoms with E-state index in [2.05, 4.69) is 5.32 Å². The Morgan fingerprint density at radius 3 is 2.15 bits per heavy atom. The number of nitrogens with one attached hydrogen (secondary N) is 1. The van der Waals surface area contributed by atoms with Crippen molar-refractivity contribution in [3.05, 3.63) is 60.4 Å². The third kappa shape index (κ3) is 4.82. The van der Waals surface area contributed by atoms with E-state index in [-0.39, 0.29) is 23.4 Å². The molecule has 2 aromatic rings. The Hall–Kier alpha value is -2.41. The molecule has 0 aromatic heterocycles. The van der Waals surface area contributed by atoms with Crippen LogP contribution in [0.3, 0.4) is 0 Å². The molecule has 0 fully saturated rings. The maximum atomic E-state index is 13.2. The number of halogens is 1. The van der Waals surface area contributed by atoms with Crippen LogP contribution >= 0.6 is 0 Å². The van der Waals surface area contributed by atoms with Gasteiger partial charge in [0.15, 0.2) is 0 Å². The number of sulfonamides is 1. The minimum absolute atomic E-state index is 0.0764. The van der Waals surface area contributed by atoms with Crippen LogP contribution in [-0.2, 0) is 14.8 Å². The second-order valence-corrected chi connectivity index (χ2v) is 8.26. The molecule has 1 amide bonds. The van der Waals surface area contributed by atoms with Gasteiger partial charge >= 0.3 is 0 Å². The van der Waals surface area contributed by atoms with Gasteiger partial charge in [0.2, 0.25) is 5.91 Å².